The number of hydrogen-bond acceptors (Lipinski definition) is 5. The van der Waals surface area contributed by atoms with Gasteiger partial charge in [0.1, 0.15) is 11.8 Å². The second kappa shape index (κ2) is 6.32. The lowest BCUT2D eigenvalue weighted by Gasteiger charge is -2.17. The highest BCUT2D eigenvalue weighted by Crippen LogP contribution is 2.31. The molecule has 0 saturated carbocycles. The van der Waals surface area contributed by atoms with Gasteiger partial charge in [-0.1, -0.05) is 26.0 Å². The third-order valence-electron chi connectivity index (χ3n) is 4.16. The molecule has 0 fully saturated rings. The van der Waals surface area contributed by atoms with Crippen LogP contribution in [0.1, 0.15) is 26.5 Å². The number of pyridine rings is 2. The number of nitrogens with zero attached hydrogens (tertiary/aromatic N) is 7. The molecule has 0 unspecified atom stereocenters. The second-order valence-electron chi connectivity index (χ2n) is 7.71. The molecule has 0 amide bonds. The monoisotopic (exact) mass is 357 g/mol. The molecule has 7 nitrogen and oxygen atoms in total. The topological polar surface area (TPSA) is 84.7 Å². The van der Waals surface area contributed by atoms with Crippen molar-refractivity contribution in [2.24, 2.45) is 5.41 Å². The van der Waals surface area contributed by atoms with Crippen molar-refractivity contribution in [3.63, 3.8) is 0 Å². The fraction of sp³-hybridized carbons (Fsp3) is 0.250. The number of nitriles is 1. The molecule has 0 bridgehead atoms. The molecular weight excluding hydrogens is 338 g/mol. The van der Waals surface area contributed by atoms with Crippen LogP contribution in [-0.2, 0) is 6.54 Å². The minimum Gasteiger partial charge on any atom is -0.272 e. The molecule has 4 aromatic rings. The quantitative estimate of drug-likeness (QED) is 0.559. The normalized spacial score (nSPS) is 11.6. The van der Waals surface area contributed by atoms with Crippen LogP contribution in [0.3, 0.4) is 0 Å². The van der Waals surface area contributed by atoms with Gasteiger partial charge in [0.25, 0.3) is 0 Å². The van der Waals surface area contributed by atoms with Gasteiger partial charge in [0.2, 0.25) is 0 Å². The van der Waals surface area contributed by atoms with E-state index in [0.717, 1.165) is 34.4 Å². The molecule has 0 N–H and O–H groups in total. The highest BCUT2D eigenvalue weighted by molar-refractivity contribution is 5.80. The number of aromatic nitrogens is 6. The van der Waals surface area contributed by atoms with Gasteiger partial charge >= 0.3 is 0 Å². The van der Waals surface area contributed by atoms with Crippen LogP contribution in [0.25, 0.3) is 27.9 Å². The SMILES string of the molecule is CC(C)(C)Cn1cc(-c2ccc(C#N)nc2-c2ccc3cnnn3c2)cn1. The lowest BCUT2D eigenvalue weighted by Crippen LogP contribution is -2.15. The Labute approximate surface area is 156 Å². The van der Waals surface area contributed by atoms with Crippen molar-refractivity contribution in [3.8, 4) is 28.5 Å². The van der Waals surface area contributed by atoms with Crippen molar-refractivity contribution in [2.75, 3.05) is 0 Å². The molecule has 0 aliphatic rings. The molecule has 0 aromatic carbocycles. The molecule has 27 heavy (non-hydrogen) atoms. The summed E-state index contributed by atoms with van der Waals surface area (Å²) >= 11 is 0. The molecule has 0 aliphatic heterocycles. The van der Waals surface area contributed by atoms with Crippen molar-refractivity contribution in [3.05, 3.63) is 54.7 Å². The van der Waals surface area contributed by atoms with E-state index in [9.17, 15) is 5.26 Å². The summed E-state index contributed by atoms with van der Waals surface area (Å²) < 4.78 is 3.64. The van der Waals surface area contributed by atoms with Crippen LogP contribution in [0.2, 0.25) is 0 Å². The zero-order valence-electron chi connectivity index (χ0n) is 15.5. The third-order valence-corrected chi connectivity index (χ3v) is 4.16. The van der Waals surface area contributed by atoms with Crippen molar-refractivity contribution >= 4 is 5.52 Å². The summed E-state index contributed by atoms with van der Waals surface area (Å²) in [6.45, 7) is 7.35. The minimum absolute atomic E-state index is 0.132. The lowest BCUT2D eigenvalue weighted by molar-refractivity contribution is 0.325. The predicted molar refractivity (Wildman–Crippen MR) is 102 cm³/mol. The molecule has 4 aromatic heterocycles. The van der Waals surface area contributed by atoms with E-state index in [1.807, 2.05) is 41.5 Å². The maximum atomic E-state index is 9.28. The van der Waals surface area contributed by atoms with Gasteiger partial charge in [-0.15, -0.1) is 5.10 Å². The van der Waals surface area contributed by atoms with Gasteiger partial charge in [0, 0.05) is 35.6 Å². The van der Waals surface area contributed by atoms with Crippen LogP contribution in [0.4, 0.5) is 0 Å². The Kier molecular flexibility index (Phi) is 3.96. The first-order valence-corrected chi connectivity index (χ1v) is 8.67. The van der Waals surface area contributed by atoms with Crippen molar-refractivity contribution in [1.82, 2.24) is 29.6 Å². The largest absolute Gasteiger partial charge is 0.272 e. The van der Waals surface area contributed by atoms with Gasteiger partial charge in [-0.25, -0.2) is 9.50 Å². The Morgan fingerprint density at radius 1 is 1.04 bits per heavy atom. The summed E-state index contributed by atoms with van der Waals surface area (Å²) in [6, 6.07) is 9.67. The zero-order valence-corrected chi connectivity index (χ0v) is 15.5. The standard InChI is InChI=1S/C20H19N7/c1-20(2,3)13-26-11-15(9-23-26)18-7-5-16(8-21)24-19(18)14-4-6-17-10-22-25-27(17)12-14/h4-7,9-12H,13H2,1-3H3. The summed E-state index contributed by atoms with van der Waals surface area (Å²) in [5, 5.41) is 21.7. The Hall–Kier alpha value is -3.53. The Bertz CT molecular complexity index is 1150. The first kappa shape index (κ1) is 16.9. The van der Waals surface area contributed by atoms with Crippen LogP contribution in [0.5, 0.6) is 0 Å². The van der Waals surface area contributed by atoms with Crippen LogP contribution >= 0.6 is 0 Å². The number of fused-ring (bicyclic) bond motifs is 1. The summed E-state index contributed by atoms with van der Waals surface area (Å²) in [6.07, 6.45) is 7.42. The second-order valence-corrected chi connectivity index (χ2v) is 7.71. The summed E-state index contributed by atoms with van der Waals surface area (Å²) in [5.74, 6) is 0. The zero-order chi connectivity index (χ0) is 19.0. The smallest absolute Gasteiger partial charge is 0.141 e. The molecule has 0 radical (unpaired) electrons. The Balaban J connectivity index is 1.83. The van der Waals surface area contributed by atoms with E-state index in [1.54, 1.807) is 16.8 Å². The average molecular weight is 357 g/mol. The van der Waals surface area contributed by atoms with E-state index >= 15 is 0 Å². The van der Waals surface area contributed by atoms with Gasteiger partial charge in [-0.2, -0.15) is 10.4 Å². The van der Waals surface area contributed by atoms with Gasteiger partial charge in [-0.05, 0) is 29.7 Å². The van der Waals surface area contributed by atoms with Crippen LogP contribution in [0, 0.1) is 16.7 Å². The van der Waals surface area contributed by atoms with Gasteiger partial charge in [-0.3, -0.25) is 4.68 Å². The lowest BCUT2D eigenvalue weighted by atomic mass is 9.97. The minimum atomic E-state index is 0.132. The van der Waals surface area contributed by atoms with Crippen molar-refractivity contribution in [1.29, 1.82) is 5.26 Å². The van der Waals surface area contributed by atoms with E-state index in [2.05, 4.69) is 47.2 Å². The van der Waals surface area contributed by atoms with Gasteiger partial charge in [0.05, 0.1) is 23.6 Å². The summed E-state index contributed by atoms with van der Waals surface area (Å²) in [4.78, 5) is 4.55. The molecule has 134 valence electrons. The first-order valence-electron chi connectivity index (χ1n) is 8.67. The molecule has 7 heteroatoms. The van der Waals surface area contributed by atoms with Crippen molar-refractivity contribution in [2.45, 2.75) is 27.3 Å². The Morgan fingerprint density at radius 3 is 2.67 bits per heavy atom. The van der Waals surface area contributed by atoms with Crippen molar-refractivity contribution < 1.29 is 0 Å². The van der Waals surface area contributed by atoms with E-state index in [0.29, 0.717) is 5.69 Å². The molecule has 0 aliphatic carbocycles. The fourth-order valence-electron chi connectivity index (χ4n) is 3.01. The highest BCUT2D eigenvalue weighted by Gasteiger charge is 2.16. The first-order chi connectivity index (χ1) is 12.9. The fourth-order valence-corrected chi connectivity index (χ4v) is 3.01. The molecule has 0 saturated heterocycles. The van der Waals surface area contributed by atoms with Crippen LogP contribution in [-0.4, -0.2) is 29.6 Å². The van der Waals surface area contributed by atoms with E-state index in [1.165, 1.54) is 0 Å². The summed E-state index contributed by atoms with van der Waals surface area (Å²) in [5.41, 5.74) is 4.88. The third kappa shape index (κ3) is 3.42. The van der Waals surface area contributed by atoms with Gasteiger partial charge in [0.15, 0.2) is 0 Å². The van der Waals surface area contributed by atoms with E-state index in [-0.39, 0.29) is 5.41 Å². The summed E-state index contributed by atoms with van der Waals surface area (Å²) in [7, 11) is 0. The molecular formula is C20H19N7. The molecule has 0 atom stereocenters. The number of rotatable bonds is 3. The van der Waals surface area contributed by atoms with Crippen LogP contribution in [0.15, 0.2) is 49.1 Å². The number of hydrogen-bond donors (Lipinski definition) is 0. The average Bonchev–Trinajstić information content (AvgIpc) is 3.28. The molecule has 4 rings (SSSR count). The van der Waals surface area contributed by atoms with Crippen LogP contribution < -0.4 is 0 Å². The van der Waals surface area contributed by atoms with E-state index < -0.39 is 0 Å². The Morgan fingerprint density at radius 2 is 1.89 bits per heavy atom. The molecule has 4 heterocycles. The highest BCUT2D eigenvalue weighted by atomic mass is 15.4. The maximum Gasteiger partial charge on any atom is 0.141 e. The predicted octanol–water partition coefficient (Wildman–Crippen LogP) is 3.57. The molecule has 0 spiro atoms. The van der Waals surface area contributed by atoms with E-state index in [4.69, 9.17) is 0 Å². The maximum absolute atomic E-state index is 9.28. The van der Waals surface area contributed by atoms with Gasteiger partial charge < -0.3 is 0 Å².